The Morgan fingerprint density at radius 3 is 2.16 bits per heavy atom. The Labute approximate surface area is 126 Å². The summed E-state index contributed by atoms with van der Waals surface area (Å²) in [4.78, 5) is 11.8. The monoisotopic (exact) mass is 366 g/mol. The number of hydrogen-bond acceptors (Lipinski definition) is 1. The van der Waals surface area contributed by atoms with E-state index in [1.54, 1.807) is 0 Å². The van der Waals surface area contributed by atoms with E-state index in [2.05, 4.69) is 33.2 Å². The molecule has 0 atom stereocenters. The van der Waals surface area contributed by atoms with Gasteiger partial charge >= 0.3 is 6.03 Å². The molecule has 19 heavy (non-hydrogen) atoms. The van der Waals surface area contributed by atoms with Crippen molar-refractivity contribution in [3.63, 3.8) is 0 Å². The second-order valence-corrected chi connectivity index (χ2v) is 5.57. The van der Waals surface area contributed by atoms with Crippen LogP contribution >= 0.6 is 22.6 Å². The van der Waals surface area contributed by atoms with Crippen LogP contribution in [0, 0.1) is 17.4 Å². The Morgan fingerprint density at radius 2 is 1.53 bits per heavy atom. The van der Waals surface area contributed by atoms with E-state index in [0.717, 1.165) is 14.9 Å². The van der Waals surface area contributed by atoms with E-state index >= 15 is 0 Å². The zero-order valence-electron chi connectivity index (χ0n) is 10.8. The second-order valence-electron chi connectivity index (χ2n) is 4.41. The van der Waals surface area contributed by atoms with E-state index in [9.17, 15) is 4.79 Å². The van der Waals surface area contributed by atoms with Crippen molar-refractivity contribution in [2.45, 2.75) is 13.8 Å². The quantitative estimate of drug-likeness (QED) is 0.753. The van der Waals surface area contributed by atoms with Crippen molar-refractivity contribution < 1.29 is 4.79 Å². The minimum Gasteiger partial charge on any atom is -0.308 e. The Morgan fingerprint density at radius 1 is 0.947 bits per heavy atom. The average Bonchev–Trinajstić information content (AvgIpc) is 2.37. The lowest BCUT2D eigenvalue weighted by Crippen LogP contribution is -2.19. The molecule has 0 fully saturated rings. The predicted octanol–water partition coefficient (Wildman–Crippen LogP) is 4.55. The van der Waals surface area contributed by atoms with Crippen LogP contribution in [0.15, 0.2) is 42.5 Å². The average molecular weight is 366 g/mol. The molecule has 4 heteroatoms. The molecule has 2 rings (SSSR count). The number of carbonyl (C=O) groups is 1. The number of rotatable bonds is 2. The summed E-state index contributed by atoms with van der Waals surface area (Å²) in [7, 11) is 0. The summed E-state index contributed by atoms with van der Waals surface area (Å²) < 4.78 is 1.13. The summed E-state index contributed by atoms with van der Waals surface area (Å²) in [5.74, 6) is 0. The fourth-order valence-corrected chi connectivity index (χ4v) is 2.12. The molecule has 2 aromatic rings. The summed E-state index contributed by atoms with van der Waals surface area (Å²) in [5.41, 5.74) is 3.94. The van der Waals surface area contributed by atoms with Gasteiger partial charge in [0.15, 0.2) is 0 Å². The molecule has 2 amide bonds. The van der Waals surface area contributed by atoms with Crippen molar-refractivity contribution in [1.29, 1.82) is 0 Å². The molecule has 0 bridgehead atoms. The van der Waals surface area contributed by atoms with E-state index in [0.29, 0.717) is 0 Å². The van der Waals surface area contributed by atoms with E-state index in [4.69, 9.17) is 0 Å². The Hall–Kier alpha value is -1.56. The highest BCUT2D eigenvalue weighted by atomic mass is 127. The van der Waals surface area contributed by atoms with Crippen LogP contribution in [0.2, 0.25) is 0 Å². The highest BCUT2D eigenvalue weighted by Gasteiger charge is 2.03. The van der Waals surface area contributed by atoms with Gasteiger partial charge in [-0.15, -0.1) is 0 Å². The molecule has 2 N–H and O–H groups in total. The highest BCUT2D eigenvalue weighted by Crippen LogP contribution is 2.17. The topological polar surface area (TPSA) is 41.1 Å². The van der Waals surface area contributed by atoms with Crippen LogP contribution in [-0.4, -0.2) is 6.03 Å². The maximum Gasteiger partial charge on any atom is 0.323 e. The molecule has 0 aliphatic heterocycles. The van der Waals surface area contributed by atoms with Gasteiger partial charge < -0.3 is 10.6 Å². The maximum absolute atomic E-state index is 11.8. The van der Waals surface area contributed by atoms with Crippen LogP contribution in [0.4, 0.5) is 16.2 Å². The molecule has 0 heterocycles. The van der Waals surface area contributed by atoms with Crippen molar-refractivity contribution >= 4 is 40.0 Å². The third-order valence-corrected chi connectivity index (χ3v) is 3.90. The predicted molar refractivity (Wildman–Crippen MR) is 87.7 cm³/mol. The Bertz CT molecular complexity index is 594. The van der Waals surface area contributed by atoms with Gasteiger partial charge in [-0.05, 0) is 66.3 Å². The van der Waals surface area contributed by atoms with E-state index < -0.39 is 0 Å². The largest absolute Gasteiger partial charge is 0.323 e. The van der Waals surface area contributed by atoms with Crippen molar-refractivity contribution in [3.8, 4) is 0 Å². The van der Waals surface area contributed by atoms with Gasteiger partial charge in [-0.2, -0.15) is 0 Å². The number of amides is 2. The normalized spacial score (nSPS) is 10.1. The fraction of sp³-hybridized carbons (Fsp3) is 0.133. The zero-order chi connectivity index (χ0) is 13.8. The van der Waals surface area contributed by atoms with Crippen LogP contribution in [0.3, 0.4) is 0 Å². The van der Waals surface area contributed by atoms with Crippen molar-refractivity contribution in [2.75, 3.05) is 10.6 Å². The number of nitrogens with one attached hydrogen (secondary N) is 2. The minimum atomic E-state index is -0.233. The molecule has 0 saturated heterocycles. The summed E-state index contributed by atoms with van der Waals surface area (Å²) in [6, 6.07) is 13.3. The number of carbonyl (C=O) groups excluding carboxylic acids is 1. The standard InChI is InChI=1S/C15H15IN2O/c1-10-3-6-12(7-4-10)17-15(19)18-13-8-5-11(2)14(16)9-13/h3-9H,1-2H3,(H2,17,18,19). The third kappa shape index (κ3) is 3.96. The number of halogens is 1. The van der Waals surface area contributed by atoms with Crippen molar-refractivity contribution in [3.05, 3.63) is 57.2 Å². The number of anilines is 2. The fourth-order valence-electron chi connectivity index (χ4n) is 1.60. The smallest absolute Gasteiger partial charge is 0.308 e. The van der Waals surface area contributed by atoms with Gasteiger partial charge in [-0.3, -0.25) is 0 Å². The van der Waals surface area contributed by atoms with Gasteiger partial charge in [-0.1, -0.05) is 23.8 Å². The van der Waals surface area contributed by atoms with Gasteiger partial charge in [0, 0.05) is 14.9 Å². The molecule has 98 valence electrons. The van der Waals surface area contributed by atoms with E-state index in [1.807, 2.05) is 56.3 Å². The first-order valence-electron chi connectivity index (χ1n) is 5.95. The Balaban J connectivity index is 2.01. The van der Waals surface area contributed by atoms with Gasteiger partial charge in [0.1, 0.15) is 0 Å². The van der Waals surface area contributed by atoms with Crippen molar-refractivity contribution in [1.82, 2.24) is 0 Å². The van der Waals surface area contributed by atoms with Gasteiger partial charge in [0.25, 0.3) is 0 Å². The SMILES string of the molecule is Cc1ccc(NC(=O)Nc2ccc(C)c(I)c2)cc1. The lowest BCUT2D eigenvalue weighted by Gasteiger charge is -2.09. The van der Waals surface area contributed by atoms with E-state index in [1.165, 1.54) is 11.1 Å². The van der Waals surface area contributed by atoms with Gasteiger partial charge in [0.05, 0.1) is 0 Å². The highest BCUT2D eigenvalue weighted by molar-refractivity contribution is 14.1. The number of urea groups is 1. The molecular weight excluding hydrogens is 351 g/mol. The molecule has 0 aromatic heterocycles. The minimum absolute atomic E-state index is 0.233. The first-order chi connectivity index (χ1) is 9.04. The summed E-state index contributed by atoms with van der Waals surface area (Å²) in [5, 5.41) is 5.62. The maximum atomic E-state index is 11.8. The first kappa shape index (κ1) is 13.9. The van der Waals surface area contributed by atoms with E-state index in [-0.39, 0.29) is 6.03 Å². The molecule has 0 radical (unpaired) electrons. The molecule has 0 spiro atoms. The molecule has 2 aromatic carbocycles. The van der Waals surface area contributed by atoms with Crippen LogP contribution < -0.4 is 10.6 Å². The zero-order valence-corrected chi connectivity index (χ0v) is 13.0. The van der Waals surface area contributed by atoms with Crippen LogP contribution in [0.1, 0.15) is 11.1 Å². The van der Waals surface area contributed by atoms with Crippen LogP contribution in [0.25, 0.3) is 0 Å². The van der Waals surface area contributed by atoms with Crippen LogP contribution in [0.5, 0.6) is 0 Å². The molecule has 3 nitrogen and oxygen atoms in total. The summed E-state index contributed by atoms with van der Waals surface area (Å²) >= 11 is 2.25. The third-order valence-electron chi connectivity index (χ3n) is 2.74. The summed E-state index contributed by atoms with van der Waals surface area (Å²) in [6.45, 7) is 4.05. The second kappa shape index (κ2) is 6.06. The Kier molecular flexibility index (Phi) is 4.42. The molecular formula is C15H15IN2O. The molecule has 0 aliphatic carbocycles. The lowest BCUT2D eigenvalue weighted by atomic mass is 10.2. The number of hydrogen-bond donors (Lipinski definition) is 2. The lowest BCUT2D eigenvalue weighted by molar-refractivity contribution is 0.262. The summed E-state index contributed by atoms with van der Waals surface area (Å²) in [6.07, 6.45) is 0. The first-order valence-corrected chi connectivity index (χ1v) is 7.03. The van der Waals surface area contributed by atoms with Crippen molar-refractivity contribution in [2.24, 2.45) is 0 Å². The number of aryl methyl sites for hydroxylation is 2. The van der Waals surface area contributed by atoms with Crippen LogP contribution in [-0.2, 0) is 0 Å². The molecule has 0 saturated carbocycles. The number of benzene rings is 2. The van der Waals surface area contributed by atoms with Gasteiger partial charge in [0.2, 0.25) is 0 Å². The van der Waals surface area contributed by atoms with Gasteiger partial charge in [-0.25, -0.2) is 4.79 Å². The molecule has 0 unspecified atom stereocenters. The molecule has 0 aliphatic rings.